The Morgan fingerprint density at radius 3 is 2.52 bits per heavy atom. The average Bonchev–Trinajstić information content (AvgIpc) is 3.18. The van der Waals surface area contributed by atoms with Crippen LogP contribution in [0.15, 0.2) is 72.8 Å². The molecule has 4 aromatic carbocycles. The fraction of sp³-hybridized carbons (Fsp3) is 0. The molecule has 0 radical (unpaired) electrons. The van der Waals surface area contributed by atoms with E-state index in [2.05, 4.69) is 59.0 Å². The number of aromatic nitrogens is 1. The second-order valence-electron chi connectivity index (χ2n) is 7.14. The fourth-order valence-electron chi connectivity index (χ4n) is 4.72. The number of nitrogens with zero attached hydrogens (tertiary/aromatic N) is 1. The van der Waals surface area contributed by atoms with Crippen molar-refractivity contribution in [3.8, 4) is 0 Å². The number of hydrogen-bond donors (Lipinski definition) is 0. The van der Waals surface area contributed by atoms with Crippen molar-refractivity contribution in [3.63, 3.8) is 0 Å². The molecule has 0 atom stereocenters. The van der Waals surface area contributed by atoms with Gasteiger partial charge in [0.15, 0.2) is 0 Å². The molecule has 0 amide bonds. The number of para-hydroxylation sites is 1. The van der Waals surface area contributed by atoms with Gasteiger partial charge in [-0.3, -0.25) is 0 Å². The smallest absolute Gasteiger partial charge is 0.123 e. The Kier molecular flexibility index (Phi) is 2.36. The van der Waals surface area contributed by atoms with Crippen molar-refractivity contribution in [2.24, 2.45) is 0 Å². The maximum Gasteiger partial charge on any atom is 0.123 e. The Morgan fingerprint density at radius 2 is 1.56 bits per heavy atom. The first kappa shape index (κ1) is 14.0. The monoisotopic (exact) mass is 365 g/mol. The van der Waals surface area contributed by atoms with Crippen molar-refractivity contribution in [1.29, 1.82) is 0 Å². The minimum absolute atomic E-state index is 0.199. The van der Waals surface area contributed by atoms with Crippen molar-refractivity contribution < 1.29 is 4.39 Å². The van der Waals surface area contributed by atoms with E-state index in [0.29, 0.717) is 0 Å². The molecule has 7 rings (SSSR count). The highest BCUT2D eigenvalue weighted by Gasteiger charge is 2.20. The maximum absolute atomic E-state index is 14.3. The zero-order valence-electron chi connectivity index (χ0n) is 14.2. The van der Waals surface area contributed by atoms with E-state index >= 15 is 0 Å². The molecule has 3 heteroatoms. The lowest BCUT2D eigenvalue weighted by Gasteiger charge is -2.03. The summed E-state index contributed by atoms with van der Waals surface area (Å²) in [6, 6.07) is 24.5. The number of benzene rings is 4. The highest BCUT2D eigenvalue weighted by atomic mass is 32.1. The number of thiophene rings is 1. The van der Waals surface area contributed by atoms with Crippen LogP contribution in [0.4, 0.5) is 4.39 Å². The average molecular weight is 365 g/mol. The molecule has 7 aromatic rings. The summed E-state index contributed by atoms with van der Waals surface area (Å²) >= 11 is 1.85. The van der Waals surface area contributed by atoms with E-state index in [9.17, 15) is 4.39 Å². The molecule has 1 nitrogen and oxygen atoms in total. The molecule has 126 valence electrons. The second kappa shape index (κ2) is 4.56. The summed E-state index contributed by atoms with van der Waals surface area (Å²) in [6.07, 6.45) is 0. The maximum atomic E-state index is 14.3. The lowest BCUT2D eigenvalue weighted by molar-refractivity contribution is 0.629. The SMILES string of the molecule is Fc1ccc2c(c1)c1cccc3ccc4sc5c6ccccc6n2c5c4c31. The van der Waals surface area contributed by atoms with Crippen LogP contribution in [0, 0.1) is 5.82 Å². The highest BCUT2D eigenvalue weighted by Crippen LogP contribution is 2.46. The Bertz CT molecular complexity index is 1690. The van der Waals surface area contributed by atoms with Gasteiger partial charge in [0.05, 0.1) is 21.3 Å². The molecule has 3 heterocycles. The second-order valence-corrected chi connectivity index (χ2v) is 8.19. The van der Waals surface area contributed by atoms with Gasteiger partial charge in [0.25, 0.3) is 0 Å². The van der Waals surface area contributed by atoms with Crippen LogP contribution in [-0.2, 0) is 0 Å². The van der Waals surface area contributed by atoms with Crippen LogP contribution >= 0.6 is 11.3 Å². The summed E-state index contributed by atoms with van der Waals surface area (Å²) in [5.41, 5.74) is 3.48. The van der Waals surface area contributed by atoms with E-state index in [4.69, 9.17) is 0 Å². The Hall–Kier alpha value is -3.17. The third-order valence-corrected chi connectivity index (χ3v) is 6.95. The van der Waals surface area contributed by atoms with Gasteiger partial charge >= 0.3 is 0 Å². The third kappa shape index (κ3) is 1.55. The quantitative estimate of drug-likeness (QED) is 0.265. The normalized spacial score (nSPS) is 12.6. The lowest BCUT2D eigenvalue weighted by Crippen LogP contribution is -1.85. The molecular weight excluding hydrogens is 353 g/mol. The molecular formula is C24H12FNS. The van der Waals surface area contributed by atoms with Gasteiger partial charge in [-0.1, -0.05) is 42.5 Å². The molecule has 0 spiro atoms. The Balaban J connectivity index is 2.05. The van der Waals surface area contributed by atoms with Gasteiger partial charge in [-0.15, -0.1) is 11.3 Å². The molecule has 0 bridgehead atoms. The van der Waals surface area contributed by atoms with Crippen LogP contribution in [0.25, 0.3) is 58.3 Å². The van der Waals surface area contributed by atoms with E-state index in [1.54, 1.807) is 12.1 Å². The minimum atomic E-state index is -0.199. The summed E-state index contributed by atoms with van der Waals surface area (Å²) in [6.45, 7) is 0. The van der Waals surface area contributed by atoms with Crippen LogP contribution in [0.5, 0.6) is 0 Å². The molecule has 0 unspecified atom stereocenters. The molecule has 27 heavy (non-hydrogen) atoms. The van der Waals surface area contributed by atoms with Crippen LogP contribution in [-0.4, -0.2) is 4.40 Å². The molecule has 0 saturated heterocycles. The first-order chi connectivity index (χ1) is 13.3. The first-order valence-corrected chi connectivity index (χ1v) is 9.80. The largest absolute Gasteiger partial charge is 0.307 e. The molecule has 0 saturated carbocycles. The number of halogens is 1. The van der Waals surface area contributed by atoms with Gasteiger partial charge in [0.2, 0.25) is 0 Å². The predicted molar refractivity (Wildman–Crippen MR) is 114 cm³/mol. The van der Waals surface area contributed by atoms with E-state index in [1.165, 1.54) is 42.0 Å². The van der Waals surface area contributed by atoms with E-state index in [0.717, 1.165) is 16.3 Å². The molecule has 0 aliphatic rings. The summed E-state index contributed by atoms with van der Waals surface area (Å²) < 4.78 is 19.2. The topological polar surface area (TPSA) is 4.41 Å². The van der Waals surface area contributed by atoms with Crippen LogP contribution in [0.3, 0.4) is 0 Å². The van der Waals surface area contributed by atoms with Crippen molar-refractivity contribution in [3.05, 3.63) is 78.6 Å². The number of fused-ring (bicyclic) bond motifs is 6. The minimum Gasteiger partial charge on any atom is -0.307 e. The van der Waals surface area contributed by atoms with Gasteiger partial charge in [-0.25, -0.2) is 4.39 Å². The molecule has 0 aliphatic carbocycles. The van der Waals surface area contributed by atoms with Crippen molar-refractivity contribution >= 4 is 69.6 Å². The van der Waals surface area contributed by atoms with Crippen molar-refractivity contribution in [1.82, 2.24) is 4.40 Å². The zero-order chi connectivity index (χ0) is 17.7. The first-order valence-electron chi connectivity index (χ1n) is 8.99. The van der Waals surface area contributed by atoms with Crippen molar-refractivity contribution in [2.75, 3.05) is 0 Å². The third-order valence-electron chi connectivity index (χ3n) is 5.77. The fourth-order valence-corrected chi connectivity index (χ4v) is 5.95. The van der Waals surface area contributed by atoms with Crippen molar-refractivity contribution in [2.45, 2.75) is 0 Å². The summed E-state index contributed by atoms with van der Waals surface area (Å²) in [7, 11) is 0. The lowest BCUT2D eigenvalue weighted by atomic mass is 10.0. The van der Waals surface area contributed by atoms with E-state index < -0.39 is 0 Å². The molecule has 0 aliphatic heterocycles. The van der Waals surface area contributed by atoms with Gasteiger partial charge in [0.1, 0.15) is 5.82 Å². The Labute approximate surface area is 157 Å². The predicted octanol–water partition coefficient (Wildman–Crippen LogP) is 7.34. The summed E-state index contributed by atoms with van der Waals surface area (Å²) in [4.78, 5) is 0. The van der Waals surface area contributed by atoms with E-state index in [-0.39, 0.29) is 5.82 Å². The van der Waals surface area contributed by atoms with Crippen LogP contribution in [0.2, 0.25) is 0 Å². The number of hydrogen-bond acceptors (Lipinski definition) is 1. The van der Waals surface area contributed by atoms with Gasteiger partial charge in [0, 0.05) is 26.2 Å². The van der Waals surface area contributed by atoms with Gasteiger partial charge < -0.3 is 4.40 Å². The molecule has 0 fully saturated rings. The van der Waals surface area contributed by atoms with Crippen LogP contribution < -0.4 is 0 Å². The van der Waals surface area contributed by atoms with Gasteiger partial charge in [-0.05, 0) is 41.1 Å². The molecule has 3 aromatic heterocycles. The summed E-state index contributed by atoms with van der Waals surface area (Å²) in [5.74, 6) is -0.199. The number of rotatable bonds is 0. The van der Waals surface area contributed by atoms with Gasteiger partial charge in [-0.2, -0.15) is 0 Å². The zero-order valence-corrected chi connectivity index (χ0v) is 15.0. The highest BCUT2D eigenvalue weighted by molar-refractivity contribution is 7.27. The molecule has 0 N–H and O–H groups in total. The van der Waals surface area contributed by atoms with E-state index in [1.807, 2.05) is 17.4 Å². The Morgan fingerprint density at radius 1 is 0.704 bits per heavy atom. The standard InChI is InChI=1S/C24H12FNS/c25-14-9-10-19-17(12-14)15-6-3-4-13-8-11-20-22(21(13)15)23-24(27-20)16-5-1-2-7-18(16)26(19)23/h1-12H. The van der Waals surface area contributed by atoms with Crippen LogP contribution in [0.1, 0.15) is 0 Å². The summed E-state index contributed by atoms with van der Waals surface area (Å²) in [5, 5.41) is 7.05.